The summed E-state index contributed by atoms with van der Waals surface area (Å²) in [7, 11) is 0. The zero-order valence-electron chi connectivity index (χ0n) is 11.4. The van der Waals surface area contributed by atoms with E-state index in [2.05, 4.69) is 21.2 Å². The fraction of sp³-hybridized carbons (Fsp3) is 0.188. The van der Waals surface area contributed by atoms with Crippen LogP contribution in [0.2, 0.25) is 0 Å². The molecule has 1 amide bonds. The number of amides is 1. The summed E-state index contributed by atoms with van der Waals surface area (Å²) in [5, 5.41) is 2.89. The van der Waals surface area contributed by atoms with E-state index in [4.69, 9.17) is 4.74 Å². The van der Waals surface area contributed by atoms with Gasteiger partial charge in [-0.25, -0.2) is 0 Å². The van der Waals surface area contributed by atoms with Gasteiger partial charge in [0.2, 0.25) is 0 Å². The number of hydrogen-bond donors (Lipinski definition) is 1. The quantitative estimate of drug-likeness (QED) is 0.915. The van der Waals surface area contributed by atoms with Crippen LogP contribution in [0.25, 0.3) is 0 Å². The molecule has 3 nitrogen and oxygen atoms in total. The molecule has 0 aliphatic carbocycles. The maximum absolute atomic E-state index is 11.9. The van der Waals surface area contributed by atoms with Gasteiger partial charge < -0.3 is 10.1 Å². The van der Waals surface area contributed by atoms with Gasteiger partial charge >= 0.3 is 0 Å². The molecule has 20 heavy (non-hydrogen) atoms. The highest BCUT2D eigenvalue weighted by molar-refractivity contribution is 9.10. The van der Waals surface area contributed by atoms with Crippen LogP contribution in [0.3, 0.4) is 0 Å². The first-order chi connectivity index (χ1) is 9.56. The predicted octanol–water partition coefficient (Wildman–Crippen LogP) is 4.08. The van der Waals surface area contributed by atoms with Crippen molar-refractivity contribution >= 4 is 27.5 Å². The van der Waals surface area contributed by atoms with Crippen LogP contribution in [0.4, 0.5) is 5.69 Å². The number of rotatable bonds is 4. The fourth-order valence-electron chi connectivity index (χ4n) is 1.95. The zero-order chi connectivity index (χ0) is 14.5. The average molecular weight is 334 g/mol. The van der Waals surface area contributed by atoms with Gasteiger partial charge in [-0.3, -0.25) is 4.79 Å². The van der Waals surface area contributed by atoms with Crippen LogP contribution in [0.1, 0.15) is 11.1 Å². The molecule has 1 N–H and O–H groups in total. The van der Waals surface area contributed by atoms with E-state index in [0.29, 0.717) is 5.75 Å². The number of carbonyl (C=O) groups excluding carboxylic acids is 1. The molecule has 0 bridgehead atoms. The standard InChI is InChI=1S/C16H16BrNO2/c1-11-8-13(17)9-12(2)16(11)18-15(19)10-20-14-6-4-3-5-7-14/h3-9H,10H2,1-2H3,(H,18,19). The van der Waals surface area contributed by atoms with Crippen molar-refractivity contribution in [1.82, 2.24) is 0 Å². The van der Waals surface area contributed by atoms with E-state index in [0.717, 1.165) is 21.3 Å². The topological polar surface area (TPSA) is 38.3 Å². The van der Waals surface area contributed by atoms with Crippen LogP contribution in [-0.2, 0) is 4.79 Å². The molecule has 0 aliphatic heterocycles. The number of benzene rings is 2. The molecule has 0 fully saturated rings. The molecule has 2 rings (SSSR count). The first kappa shape index (κ1) is 14.6. The summed E-state index contributed by atoms with van der Waals surface area (Å²) in [4.78, 5) is 11.9. The van der Waals surface area contributed by atoms with Crippen LogP contribution < -0.4 is 10.1 Å². The lowest BCUT2D eigenvalue weighted by Gasteiger charge is -2.13. The largest absolute Gasteiger partial charge is 0.484 e. The van der Waals surface area contributed by atoms with Gasteiger partial charge in [-0.05, 0) is 49.2 Å². The highest BCUT2D eigenvalue weighted by Gasteiger charge is 2.09. The number of hydrogen-bond acceptors (Lipinski definition) is 2. The average Bonchev–Trinajstić information content (AvgIpc) is 2.42. The van der Waals surface area contributed by atoms with Gasteiger partial charge in [-0.1, -0.05) is 34.1 Å². The highest BCUT2D eigenvalue weighted by atomic mass is 79.9. The third-order valence-corrected chi connectivity index (χ3v) is 3.33. The molecule has 104 valence electrons. The minimum absolute atomic E-state index is 0.00103. The second kappa shape index (κ2) is 6.57. The smallest absolute Gasteiger partial charge is 0.262 e. The van der Waals surface area contributed by atoms with Crippen molar-refractivity contribution in [2.45, 2.75) is 13.8 Å². The lowest BCUT2D eigenvalue weighted by atomic mass is 10.1. The van der Waals surface area contributed by atoms with E-state index in [-0.39, 0.29) is 12.5 Å². The summed E-state index contributed by atoms with van der Waals surface area (Å²) in [6.45, 7) is 3.93. The summed E-state index contributed by atoms with van der Waals surface area (Å²) in [5.41, 5.74) is 2.88. The van der Waals surface area contributed by atoms with Crippen LogP contribution in [0.15, 0.2) is 46.9 Å². The Balaban J connectivity index is 1.98. The molecule has 0 spiro atoms. The minimum atomic E-state index is -0.164. The Morgan fingerprint density at radius 3 is 2.35 bits per heavy atom. The van der Waals surface area contributed by atoms with Crippen molar-refractivity contribution in [3.63, 3.8) is 0 Å². The Kier molecular flexibility index (Phi) is 4.79. The maximum Gasteiger partial charge on any atom is 0.262 e. The predicted molar refractivity (Wildman–Crippen MR) is 84.2 cm³/mol. The summed E-state index contributed by atoms with van der Waals surface area (Å²) >= 11 is 3.44. The van der Waals surface area contributed by atoms with E-state index in [9.17, 15) is 4.79 Å². The summed E-state index contributed by atoms with van der Waals surface area (Å²) in [6, 6.07) is 13.2. The molecular weight excluding hydrogens is 318 g/mol. The molecule has 0 atom stereocenters. The van der Waals surface area contributed by atoms with Gasteiger partial charge in [0.15, 0.2) is 6.61 Å². The Bertz CT molecular complexity index is 588. The third-order valence-electron chi connectivity index (χ3n) is 2.88. The monoisotopic (exact) mass is 333 g/mol. The number of aryl methyl sites for hydroxylation is 2. The summed E-state index contributed by atoms with van der Waals surface area (Å²) in [5.74, 6) is 0.522. The molecule has 0 heterocycles. The van der Waals surface area contributed by atoms with Gasteiger partial charge in [0.05, 0.1) is 0 Å². The molecule has 0 unspecified atom stereocenters. The number of halogens is 1. The van der Waals surface area contributed by atoms with E-state index in [1.165, 1.54) is 0 Å². The number of ether oxygens (including phenoxy) is 1. The number of anilines is 1. The molecule has 0 radical (unpaired) electrons. The van der Waals surface area contributed by atoms with Crippen molar-refractivity contribution in [3.8, 4) is 5.75 Å². The number of carbonyl (C=O) groups is 1. The van der Waals surface area contributed by atoms with E-state index >= 15 is 0 Å². The van der Waals surface area contributed by atoms with Gasteiger partial charge in [-0.2, -0.15) is 0 Å². The molecular formula is C16H16BrNO2. The normalized spacial score (nSPS) is 10.2. The van der Waals surface area contributed by atoms with E-state index in [1.54, 1.807) is 0 Å². The zero-order valence-corrected chi connectivity index (χ0v) is 13.0. The second-order valence-electron chi connectivity index (χ2n) is 4.56. The van der Waals surface area contributed by atoms with Crippen LogP contribution in [0, 0.1) is 13.8 Å². The first-order valence-corrected chi connectivity index (χ1v) is 7.10. The van der Waals surface area contributed by atoms with Crippen LogP contribution in [0.5, 0.6) is 5.75 Å². The molecule has 0 aromatic heterocycles. The summed E-state index contributed by atoms with van der Waals surface area (Å²) < 4.78 is 6.43. The van der Waals surface area contributed by atoms with Gasteiger partial charge in [0.25, 0.3) is 5.91 Å². The Morgan fingerprint density at radius 2 is 1.75 bits per heavy atom. The van der Waals surface area contributed by atoms with Crippen molar-refractivity contribution in [1.29, 1.82) is 0 Å². The molecule has 2 aromatic rings. The Labute approximate surface area is 127 Å². The summed E-state index contributed by atoms with van der Waals surface area (Å²) in [6.07, 6.45) is 0. The minimum Gasteiger partial charge on any atom is -0.484 e. The molecule has 2 aromatic carbocycles. The molecule has 4 heteroatoms. The van der Waals surface area contributed by atoms with Gasteiger partial charge in [-0.15, -0.1) is 0 Å². The molecule has 0 saturated heterocycles. The Hall–Kier alpha value is -1.81. The van der Waals surface area contributed by atoms with Crippen LogP contribution >= 0.6 is 15.9 Å². The van der Waals surface area contributed by atoms with Crippen molar-refractivity contribution in [2.75, 3.05) is 11.9 Å². The third kappa shape index (κ3) is 3.84. The number of para-hydroxylation sites is 1. The second-order valence-corrected chi connectivity index (χ2v) is 5.48. The maximum atomic E-state index is 11.9. The lowest BCUT2D eigenvalue weighted by Crippen LogP contribution is -2.21. The SMILES string of the molecule is Cc1cc(Br)cc(C)c1NC(=O)COc1ccccc1. The van der Waals surface area contributed by atoms with Crippen molar-refractivity contribution in [3.05, 3.63) is 58.1 Å². The van der Waals surface area contributed by atoms with Gasteiger partial charge in [0.1, 0.15) is 5.75 Å². The Morgan fingerprint density at radius 1 is 1.15 bits per heavy atom. The van der Waals surface area contributed by atoms with Crippen molar-refractivity contribution in [2.24, 2.45) is 0 Å². The highest BCUT2D eigenvalue weighted by Crippen LogP contribution is 2.25. The molecule has 0 saturated carbocycles. The van der Waals surface area contributed by atoms with E-state index in [1.807, 2.05) is 56.3 Å². The molecule has 0 aliphatic rings. The fourth-order valence-corrected chi connectivity index (χ4v) is 2.64. The number of nitrogens with one attached hydrogen (secondary N) is 1. The van der Waals surface area contributed by atoms with E-state index < -0.39 is 0 Å². The van der Waals surface area contributed by atoms with Crippen LogP contribution in [-0.4, -0.2) is 12.5 Å². The first-order valence-electron chi connectivity index (χ1n) is 6.30. The van der Waals surface area contributed by atoms with Crippen molar-refractivity contribution < 1.29 is 9.53 Å². The lowest BCUT2D eigenvalue weighted by molar-refractivity contribution is -0.118. The van der Waals surface area contributed by atoms with Gasteiger partial charge in [0, 0.05) is 10.2 Å².